The Balaban J connectivity index is 1.85. The lowest BCUT2D eigenvalue weighted by Crippen LogP contribution is -2.12. The van der Waals surface area contributed by atoms with E-state index in [1.54, 1.807) is 19.4 Å². The van der Waals surface area contributed by atoms with E-state index in [1.165, 1.54) is 12.3 Å². The van der Waals surface area contributed by atoms with Crippen molar-refractivity contribution in [1.29, 1.82) is 0 Å². The molecule has 28 heavy (non-hydrogen) atoms. The van der Waals surface area contributed by atoms with Gasteiger partial charge in [0.05, 0.1) is 34.1 Å². The minimum Gasteiger partial charge on any atom is -0.493 e. The highest BCUT2D eigenvalue weighted by Gasteiger charge is 2.23. The van der Waals surface area contributed by atoms with Crippen molar-refractivity contribution in [1.82, 2.24) is 4.98 Å². The first-order valence-corrected chi connectivity index (χ1v) is 10.1. The molecule has 2 heterocycles. The zero-order chi connectivity index (χ0) is 19.7. The van der Waals surface area contributed by atoms with Crippen LogP contribution >= 0.6 is 27.5 Å². The third-order valence-electron chi connectivity index (χ3n) is 4.75. The van der Waals surface area contributed by atoms with Crippen molar-refractivity contribution in [2.45, 2.75) is 31.8 Å². The number of halogens is 2. The maximum atomic E-state index is 12.3. The molecule has 2 aromatic heterocycles. The topological polar surface area (TPSA) is 73.6 Å². The molecule has 4 rings (SSSR count). The van der Waals surface area contributed by atoms with Gasteiger partial charge in [-0.15, -0.1) is 0 Å². The van der Waals surface area contributed by atoms with Crippen LogP contribution in [0.25, 0.3) is 11.0 Å². The predicted molar refractivity (Wildman–Crippen MR) is 112 cm³/mol. The number of hydrogen-bond donors (Lipinski definition) is 1. The summed E-state index contributed by atoms with van der Waals surface area (Å²) in [6, 6.07) is 5.02. The lowest BCUT2D eigenvalue weighted by atomic mass is 10.1. The van der Waals surface area contributed by atoms with E-state index in [9.17, 15) is 4.79 Å². The van der Waals surface area contributed by atoms with Crippen molar-refractivity contribution >= 4 is 49.9 Å². The largest absolute Gasteiger partial charge is 0.493 e. The Morgan fingerprint density at radius 3 is 2.79 bits per heavy atom. The van der Waals surface area contributed by atoms with E-state index < -0.39 is 5.63 Å². The smallest absolute Gasteiger partial charge is 0.338 e. The highest BCUT2D eigenvalue weighted by atomic mass is 79.9. The van der Waals surface area contributed by atoms with Crippen LogP contribution in [-0.2, 0) is 0 Å². The molecule has 0 radical (unpaired) electrons. The molecule has 0 unspecified atom stereocenters. The number of pyridine rings is 1. The molecule has 0 bridgehead atoms. The molecule has 1 N–H and O–H groups in total. The maximum Gasteiger partial charge on any atom is 0.338 e. The average Bonchev–Trinajstić information content (AvgIpc) is 3.18. The van der Waals surface area contributed by atoms with Gasteiger partial charge in [0.25, 0.3) is 0 Å². The number of fused-ring (bicyclic) bond motifs is 1. The highest BCUT2D eigenvalue weighted by molar-refractivity contribution is 9.10. The summed E-state index contributed by atoms with van der Waals surface area (Å²) in [6.07, 6.45) is 7.44. The number of hydrogen-bond acceptors (Lipinski definition) is 6. The van der Waals surface area contributed by atoms with Gasteiger partial charge in [-0.3, -0.25) is 4.98 Å². The van der Waals surface area contributed by atoms with Gasteiger partial charge in [0.15, 0.2) is 11.3 Å². The standard InChI is InChI=1S/C20H18BrClN2O4/c1-26-16-7-6-12-15(24-18-13(21)9-23-10-14(18)22)8-17(25)28-19(12)20(16)27-11-4-2-3-5-11/h6-11H,2-5H2,1H3,(H,23,24). The summed E-state index contributed by atoms with van der Waals surface area (Å²) in [5.41, 5.74) is 1.01. The first-order chi connectivity index (χ1) is 13.6. The molecule has 0 atom stereocenters. The summed E-state index contributed by atoms with van der Waals surface area (Å²) in [7, 11) is 1.57. The molecule has 0 amide bonds. The second-order valence-corrected chi connectivity index (χ2v) is 7.84. The van der Waals surface area contributed by atoms with Crippen LogP contribution < -0.4 is 20.4 Å². The molecule has 0 saturated heterocycles. The monoisotopic (exact) mass is 464 g/mol. The quantitative estimate of drug-likeness (QED) is 0.489. The molecule has 146 valence electrons. The van der Waals surface area contributed by atoms with Crippen LogP contribution in [0.5, 0.6) is 11.5 Å². The molecular weight excluding hydrogens is 448 g/mol. The lowest BCUT2D eigenvalue weighted by Gasteiger charge is -2.18. The normalized spacial score (nSPS) is 14.4. The summed E-state index contributed by atoms with van der Waals surface area (Å²) in [6.45, 7) is 0. The van der Waals surface area contributed by atoms with Crippen LogP contribution in [0.15, 0.2) is 44.3 Å². The van der Waals surface area contributed by atoms with E-state index >= 15 is 0 Å². The number of methoxy groups -OCH3 is 1. The van der Waals surface area contributed by atoms with Gasteiger partial charge >= 0.3 is 5.63 Å². The summed E-state index contributed by atoms with van der Waals surface area (Å²) in [4.78, 5) is 16.3. The highest BCUT2D eigenvalue weighted by Crippen LogP contribution is 2.41. The molecule has 0 spiro atoms. The minimum atomic E-state index is -0.499. The van der Waals surface area contributed by atoms with Gasteiger partial charge in [-0.25, -0.2) is 4.79 Å². The van der Waals surface area contributed by atoms with Crippen LogP contribution in [-0.4, -0.2) is 18.2 Å². The Hall–Kier alpha value is -2.25. The van der Waals surface area contributed by atoms with Crippen molar-refractivity contribution in [2.75, 3.05) is 12.4 Å². The fraction of sp³-hybridized carbons (Fsp3) is 0.300. The molecule has 6 nitrogen and oxygen atoms in total. The van der Waals surface area contributed by atoms with Crippen LogP contribution in [0, 0.1) is 0 Å². The Morgan fingerprint density at radius 1 is 1.29 bits per heavy atom. The number of anilines is 2. The van der Waals surface area contributed by atoms with Gasteiger partial charge in [0.1, 0.15) is 0 Å². The van der Waals surface area contributed by atoms with Crippen molar-refractivity contribution in [3.8, 4) is 11.5 Å². The number of nitrogens with zero attached hydrogens (tertiary/aromatic N) is 1. The molecule has 1 saturated carbocycles. The van der Waals surface area contributed by atoms with Crippen molar-refractivity contribution in [3.05, 3.63) is 50.5 Å². The fourth-order valence-electron chi connectivity index (χ4n) is 3.40. The van der Waals surface area contributed by atoms with E-state index in [0.29, 0.717) is 43.3 Å². The maximum absolute atomic E-state index is 12.3. The number of nitrogens with one attached hydrogen (secondary N) is 1. The second kappa shape index (κ2) is 8.01. The molecule has 8 heteroatoms. The third kappa shape index (κ3) is 3.69. The number of rotatable bonds is 5. The fourth-order valence-corrected chi connectivity index (χ4v) is 4.15. The lowest BCUT2D eigenvalue weighted by molar-refractivity contribution is 0.200. The molecule has 1 aliphatic rings. The summed E-state index contributed by atoms with van der Waals surface area (Å²) in [5.74, 6) is 0.982. The van der Waals surface area contributed by atoms with E-state index in [2.05, 4.69) is 26.2 Å². The summed E-state index contributed by atoms with van der Waals surface area (Å²) >= 11 is 9.69. The van der Waals surface area contributed by atoms with Crippen LogP contribution in [0.4, 0.5) is 11.4 Å². The second-order valence-electron chi connectivity index (χ2n) is 6.58. The van der Waals surface area contributed by atoms with Gasteiger partial charge in [0, 0.05) is 23.8 Å². The van der Waals surface area contributed by atoms with Crippen molar-refractivity contribution in [2.24, 2.45) is 0 Å². The Morgan fingerprint density at radius 2 is 2.07 bits per heavy atom. The molecule has 0 aliphatic heterocycles. The van der Waals surface area contributed by atoms with Gasteiger partial charge in [-0.05, 0) is 53.7 Å². The Bertz CT molecular complexity index is 1060. The van der Waals surface area contributed by atoms with Crippen LogP contribution in [0.2, 0.25) is 5.02 Å². The van der Waals surface area contributed by atoms with E-state index in [0.717, 1.165) is 25.7 Å². The number of aromatic nitrogens is 1. The molecule has 3 aromatic rings. The first-order valence-electron chi connectivity index (χ1n) is 8.94. The van der Waals surface area contributed by atoms with Crippen LogP contribution in [0.3, 0.4) is 0 Å². The summed E-state index contributed by atoms with van der Waals surface area (Å²) < 4.78 is 17.8. The summed E-state index contributed by atoms with van der Waals surface area (Å²) in [5, 5.41) is 4.32. The van der Waals surface area contributed by atoms with Gasteiger partial charge in [0.2, 0.25) is 5.75 Å². The molecule has 1 fully saturated rings. The van der Waals surface area contributed by atoms with E-state index in [4.69, 9.17) is 25.5 Å². The van der Waals surface area contributed by atoms with Gasteiger partial charge in [-0.1, -0.05) is 11.6 Å². The minimum absolute atomic E-state index is 0.0882. The zero-order valence-corrected chi connectivity index (χ0v) is 17.5. The van der Waals surface area contributed by atoms with Crippen LogP contribution in [0.1, 0.15) is 25.7 Å². The number of benzene rings is 1. The Labute approximate surface area is 174 Å². The zero-order valence-electron chi connectivity index (χ0n) is 15.1. The van der Waals surface area contributed by atoms with E-state index in [-0.39, 0.29) is 6.10 Å². The molecule has 1 aromatic carbocycles. The average molecular weight is 466 g/mol. The number of ether oxygens (including phenoxy) is 2. The van der Waals surface area contributed by atoms with Gasteiger partial charge < -0.3 is 19.2 Å². The molecule has 1 aliphatic carbocycles. The van der Waals surface area contributed by atoms with Crippen molar-refractivity contribution in [3.63, 3.8) is 0 Å². The van der Waals surface area contributed by atoms with Gasteiger partial charge in [-0.2, -0.15) is 0 Å². The Kier molecular flexibility index (Phi) is 5.46. The SMILES string of the molecule is COc1ccc2c(Nc3c(Cl)cncc3Br)cc(=O)oc2c1OC1CCCC1. The first kappa shape index (κ1) is 19.1. The molecular formula is C20H18BrClN2O4. The van der Waals surface area contributed by atoms with E-state index in [1.807, 2.05) is 6.07 Å². The third-order valence-corrected chi connectivity index (χ3v) is 5.64. The predicted octanol–water partition coefficient (Wildman–Crippen LogP) is 5.68. The van der Waals surface area contributed by atoms with Crippen molar-refractivity contribution < 1.29 is 13.9 Å².